The maximum Gasteiger partial charge on any atom is 0.417 e. The van der Waals surface area contributed by atoms with Gasteiger partial charge >= 0.3 is 12.3 Å². The predicted molar refractivity (Wildman–Crippen MR) is 150 cm³/mol. The van der Waals surface area contributed by atoms with Gasteiger partial charge in [0.25, 0.3) is 0 Å². The van der Waals surface area contributed by atoms with Crippen LogP contribution in [-0.2, 0) is 17.5 Å². The summed E-state index contributed by atoms with van der Waals surface area (Å²) < 4.78 is 50.1. The maximum atomic E-state index is 14.0. The van der Waals surface area contributed by atoms with Crippen molar-refractivity contribution in [2.24, 2.45) is 0 Å². The first kappa shape index (κ1) is 26.4. The van der Waals surface area contributed by atoms with Crippen molar-refractivity contribution in [1.29, 1.82) is 0 Å². The van der Waals surface area contributed by atoms with Crippen molar-refractivity contribution < 1.29 is 22.7 Å². The number of benzene rings is 3. The number of ether oxygens (including phenoxy) is 1. The van der Waals surface area contributed by atoms with Crippen LogP contribution in [0.2, 0.25) is 0 Å². The van der Waals surface area contributed by atoms with Gasteiger partial charge < -0.3 is 9.30 Å². The van der Waals surface area contributed by atoms with E-state index in [0.29, 0.717) is 31.5 Å². The molecule has 0 bridgehead atoms. The lowest BCUT2D eigenvalue weighted by Gasteiger charge is -2.37. The average Bonchev–Trinajstić information content (AvgIpc) is 3.47. The Balaban J connectivity index is 1.29. The largest absolute Gasteiger partial charge is 0.441 e. The number of alkyl halides is 3. The fraction of sp³-hybridized carbons (Fsp3) is 0.344. The first-order valence-corrected chi connectivity index (χ1v) is 13.7. The summed E-state index contributed by atoms with van der Waals surface area (Å²) in [4.78, 5) is 16.7. The molecule has 1 aromatic heterocycles. The fourth-order valence-electron chi connectivity index (χ4n) is 6.18. The highest BCUT2D eigenvalue weighted by molar-refractivity contribution is 5.99. The topological polar surface area (TPSA) is 37.7 Å². The molecular formula is C32H32F3N3O2. The Morgan fingerprint density at radius 1 is 0.900 bits per heavy atom. The van der Waals surface area contributed by atoms with E-state index in [4.69, 9.17) is 4.74 Å². The number of hydrogen-bond acceptors (Lipinski definition) is 3. The molecule has 2 aliphatic rings. The van der Waals surface area contributed by atoms with Crippen molar-refractivity contribution in [1.82, 2.24) is 9.47 Å². The lowest BCUT2D eigenvalue weighted by Crippen LogP contribution is -2.46. The summed E-state index contributed by atoms with van der Waals surface area (Å²) in [6, 6.07) is 21.1. The number of halogens is 3. The fourth-order valence-corrected chi connectivity index (χ4v) is 6.18. The van der Waals surface area contributed by atoms with Crippen LogP contribution in [0.5, 0.6) is 0 Å². The number of aromatic nitrogens is 1. The highest BCUT2D eigenvalue weighted by atomic mass is 19.4. The molecule has 1 spiro atoms. The van der Waals surface area contributed by atoms with Crippen LogP contribution >= 0.6 is 0 Å². The molecule has 0 aliphatic carbocycles. The molecule has 4 aromatic rings. The summed E-state index contributed by atoms with van der Waals surface area (Å²) in [6.07, 6.45) is -1.27. The third-order valence-electron chi connectivity index (χ3n) is 8.22. The van der Waals surface area contributed by atoms with E-state index in [0.717, 1.165) is 41.3 Å². The Bertz CT molecular complexity index is 1540. The Kier molecular flexibility index (Phi) is 6.61. The number of anilines is 1. The summed E-state index contributed by atoms with van der Waals surface area (Å²) in [5, 5.41) is 0.857. The number of carbonyl (C=O) groups is 1. The summed E-state index contributed by atoms with van der Waals surface area (Å²) >= 11 is 0. The van der Waals surface area contributed by atoms with Gasteiger partial charge in [-0.15, -0.1) is 0 Å². The minimum absolute atomic E-state index is 0.149. The molecule has 5 nitrogen and oxygen atoms in total. The van der Waals surface area contributed by atoms with E-state index in [-0.39, 0.29) is 17.7 Å². The molecule has 0 saturated carbocycles. The van der Waals surface area contributed by atoms with Crippen LogP contribution in [0.1, 0.15) is 43.9 Å². The normalized spacial score (nSPS) is 17.8. The molecule has 2 saturated heterocycles. The number of hydrogen-bond donors (Lipinski definition) is 0. The minimum atomic E-state index is -4.45. The first-order chi connectivity index (χ1) is 19.2. The number of amides is 1. The highest BCUT2D eigenvalue weighted by Crippen LogP contribution is 2.42. The van der Waals surface area contributed by atoms with Gasteiger partial charge in [-0.05, 0) is 54.8 Å². The monoisotopic (exact) mass is 547 g/mol. The van der Waals surface area contributed by atoms with Crippen molar-refractivity contribution in [3.05, 3.63) is 90.1 Å². The molecule has 6 rings (SSSR count). The van der Waals surface area contributed by atoms with Crippen molar-refractivity contribution in [3.8, 4) is 11.1 Å². The molecule has 2 aliphatic heterocycles. The van der Waals surface area contributed by atoms with Gasteiger partial charge in [0.1, 0.15) is 5.60 Å². The smallest absolute Gasteiger partial charge is 0.417 e. The maximum absolute atomic E-state index is 14.0. The average molecular weight is 548 g/mol. The molecular weight excluding hydrogens is 515 g/mol. The van der Waals surface area contributed by atoms with Gasteiger partial charge in [0.2, 0.25) is 0 Å². The number of piperidine rings is 1. The molecule has 3 heterocycles. The van der Waals surface area contributed by atoms with Crippen molar-refractivity contribution in [3.63, 3.8) is 0 Å². The van der Waals surface area contributed by atoms with Crippen LogP contribution in [0.3, 0.4) is 0 Å². The quantitative estimate of drug-likeness (QED) is 0.255. The van der Waals surface area contributed by atoms with Crippen molar-refractivity contribution in [2.45, 2.75) is 51.1 Å². The molecule has 40 heavy (non-hydrogen) atoms. The molecule has 0 atom stereocenters. The van der Waals surface area contributed by atoms with E-state index >= 15 is 0 Å². The molecule has 0 N–H and O–H groups in total. The Morgan fingerprint density at radius 3 is 2.27 bits per heavy atom. The van der Waals surface area contributed by atoms with Gasteiger partial charge in [0.15, 0.2) is 0 Å². The molecule has 8 heteroatoms. The zero-order chi connectivity index (χ0) is 28.1. The van der Waals surface area contributed by atoms with E-state index in [1.54, 1.807) is 23.1 Å². The second-order valence-electron chi connectivity index (χ2n) is 11.1. The lowest BCUT2D eigenvalue weighted by atomic mass is 9.90. The molecule has 0 unspecified atom stereocenters. The third-order valence-corrected chi connectivity index (χ3v) is 8.22. The standard InChI is InChI=1S/C32H32F3N3O2/c1-22(2)37-20-23(29-26(12-8-14-28(29)37)25-11-6-7-13-27(25)32(33,34)35)19-36-17-15-31(16-18-36)21-38(30(39)40-31)24-9-4-3-5-10-24/h3-14,20,22H,15-19,21H2,1-2H3. The Hall–Kier alpha value is -3.78. The van der Waals surface area contributed by atoms with Gasteiger partial charge in [0, 0.05) is 61.3 Å². The Morgan fingerprint density at radius 2 is 1.57 bits per heavy atom. The first-order valence-electron chi connectivity index (χ1n) is 13.7. The van der Waals surface area contributed by atoms with Crippen LogP contribution in [0.15, 0.2) is 79.0 Å². The summed E-state index contributed by atoms with van der Waals surface area (Å²) in [7, 11) is 0. The molecule has 3 aromatic carbocycles. The van der Waals surface area contributed by atoms with Gasteiger partial charge in [-0.2, -0.15) is 13.2 Å². The van der Waals surface area contributed by atoms with Gasteiger partial charge in [-0.25, -0.2) is 4.79 Å². The SMILES string of the molecule is CC(C)n1cc(CN2CCC3(CC2)CN(c2ccccc2)C(=O)O3)c2c(-c3ccccc3C(F)(F)F)cccc21. The van der Waals surface area contributed by atoms with Crippen LogP contribution < -0.4 is 4.90 Å². The van der Waals surface area contributed by atoms with Gasteiger partial charge in [0.05, 0.1) is 12.1 Å². The van der Waals surface area contributed by atoms with Crippen LogP contribution in [0.4, 0.5) is 23.7 Å². The molecule has 0 radical (unpaired) electrons. The van der Waals surface area contributed by atoms with Crippen LogP contribution in [0, 0.1) is 0 Å². The minimum Gasteiger partial charge on any atom is -0.441 e. The number of fused-ring (bicyclic) bond motifs is 1. The zero-order valence-electron chi connectivity index (χ0n) is 22.6. The number of carbonyl (C=O) groups excluding carboxylic acids is 1. The predicted octanol–water partition coefficient (Wildman–Crippen LogP) is 7.90. The van der Waals surface area contributed by atoms with Crippen molar-refractivity contribution >= 4 is 22.7 Å². The van der Waals surface area contributed by atoms with Crippen molar-refractivity contribution in [2.75, 3.05) is 24.5 Å². The number of likely N-dealkylation sites (tertiary alicyclic amines) is 1. The van der Waals surface area contributed by atoms with Crippen LogP contribution in [0.25, 0.3) is 22.0 Å². The zero-order valence-corrected chi connectivity index (χ0v) is 22.6. The van der Waals surface area contributed by atoms with E-state index in [2.05, 4.69) is 29.5 Å². The van der Waals surface area contributed by atoms with E-state index in [1.807, 2.05) is 42.5 Å². The molecule has 2 fully saturated rings. The van der Waals surface area contributed by atoms with Crippen LogP contribution in [-0.4, -0.2) is 40.8 Å². The third kappa shape index (κ3) is 4.74. The second-order valence-corrected chi connectivity index (χ2v) is 11.1. The van der Waals surface area contributed by atoms with E-state index < -0.39 is 17.3 Å². The molecule has 208 valence electrons. The summed E-state index contributed by atoms with van der Waals surface area (Å²) in [5.74, 6) is 0. The van der Waals surface area contributed by atoms with Gasteiger partial charge in [-0.1, -0.05) is 48.5 Å². The number of para-hydroxylation sites is 1. The van der Waals surface area contributed by atoms with Gasteiger partial charge in [-0.3, -0.25) is 9.80 Å². The summed E-state index contributed by atoms with van der Waals surface area (Å²) in [6.45, 7) is 6.74. The second kappa shape index (κ2) is 10.0. The van der Waals surface area contributed by atoms with E-state index in [9.17, 15) is 18.0 Å². The summed E-state index contributed by atoms with van der Waals surface area (Å²) in [5.41, 5.74) is 2.40. The van der Waals surface area contributed by atoms with E-state index in [1.165, 1.54) is 6.07 Å². The number of nitrogens with zero attached hydrogens (tertiary/aromatic N) is 3. The Labute approximate surface area is 231 Å². The molecule has 1 amide bonds. The number of rotatable bonds is 5. The lowest BCUT2D eigenvalue weighted by molar-refractivity contribution is -0.137. The highest BCUT2D eigenvalue weighted by Gasteiger charge is 2.47.